The van der Waals surface area contributed by atoms with E-state index in [2.05, 4.69) is 44.2 Å². The fourth-order valence-electron chi connectivity index (χ4n) is 4.23. The molecule has 3 aromatic rings. The van der Waals surface area contributed by atoms with Gasteiger partial charge in [-0.3, -0.25) is 0 Å². The third-order valence-corrected chi connectivity index (χ3v) is 6.31. The molecule has 0 aliphatic carbocycles. The quantitative estimate of drug-likeness (QED) is 0.559. The number of hydrogen-bond acceptors (Lipinski definition) is 5. The van der Waals surface area contributed by atoms with Gasteiger partial charge in [0, 0.05) is 80.5 Å². The third-order valence-electron chi connectivity index (χ3n) is 6.31. The summed E-state index contributed by atoms with van der Waals surface area (Å²) in [6.07, 6.45) is 7.22. The van der Waals surface area contributed by atoms with Crippen LogP contribution in [-0.4, -0.2) is 63.6 Å². The summed E-state index contributed by atoms with van der Waals surface area (Å²) in [6.45, 7) is 11.9. The predicted octanol–water partition coefficient (Wildman–Crippen LogP) is 3.85. The van der Waals surface area contributed by atoms with E-state index < -0.39 is 5.60 Å². The Kier molecular flexibility index (Phi) is 7.07. The number of ether oxygens (including phenoxy) is 1. The maximum atomic E-state index is 11.4. The van der Waals surface area contributed by atoms with Gasteiger partial charge in [-0.1, -0.05) is 6.07 Å². The molecule has 182 valence electrons. The smallest absolute Gasteiger partial charge is 0.410 e. The summed E-state index contributed by atoms with van der Waals surface area (Å²) < 4.78 is 7.35. The van der Waals surface area contributed by atoms with Gasteiger partial charge in [0.2, 0.25) is 0 Å². The molecule has 0 atom stereocenters. The molecule has 5 rings (SSSR count). The van der Waals surface area contributed by atoms with Crippen molar-refractivity contribution >= 4 is 23.3 Å². The number of fused-ring (bicyclic) bond motifs is 1. The summed E-state index contributed by atoms with van der Waals surface area (Å²) in [7, 11) is 0. The SMILES string of the molecule is CC(C)(C)OC(=O)N1CC(CC=O)C1.Cc1nccn1Cc1ccc2[nH]cc(C3CNC3)c2c1. The number of aromatic amines is 1. The molecule has 2 fully saturated rings. The van der Waals surface area contributed by atoms with Crippen LogP contribution in [0.1, 0.15) is 50.1 Å². The van der Waals surface area contributed by atoms with E-state index in [1.165, 1.54) is 22.0 Å². The molecule has 0 saturated carbocycles. The van der Waals surface area contributed by atoms with Gasteiger partial charge in [-0.05, 0) is 51.0 Å². The first kappa shape index (κ1) is 24.0. The van der Waals surface area contributed by atoms with Crippen LogP contribution in [0.25, 0.3) is 10.9 Å². The van der Waals surface area contributed by atoms with Crippen LogP contribution in [0.2, 0.25) is 0 Å². The van der Waals surface area contributed by atoms with E-state index in [0.717, 1.165) is 31.7 Å². The van der Waals surface area contributed by atoms with Crippen molar-refractivity contribution in [3.8, 4) is 0 Å². The molecule has 0 unspecified atom stereocenters. The number of nitrogens with one attached hydrogen (secondary N) is 2. The second-order valence-corrected chi connectivity index (χ2v) is 10.2. The number of nitrogens with zero attached hydrogens (tertiary/aromatic N) is 3. The fraction of sp³-hybridized carbons (Fsp3) is 0.500. The van der Waals surface area contributed by atoms with Gasteiger partial charge < -0.3 is 29.3 Å². The van der Waals surface area contributed by atoms with Crippen molar-refractivity contribution in [1.29, 1.82) is 0 Å². The molecule has 1 amide bonds. The Labute approximate surface area is 200 Å². The van der Waals surface area contributed by atoms with Crippen molar-refractivity contribution in [2.24, 2.45) is 5.92 Å². The highest BCUT2D eigenvalue weighted by Crippen LogP contribution is 2.29. The van der Waals surface area contributed by atoms with Crippen molar-refractivity contribution in [3.05, 3.63) is 53.7 Å². The van der Waals surface area contributed by atoms with E-state index in [1.54, 1.807) is 4.90 Å². The number of benzene rings is 1. The zero-order chi connectivity index (χ0) is 24.3. The topological polar surface area (TPSA) is 92.2 Å². The number of aryl methyl sites for hydroxylation is 1. The molecule has 8 heteroatoms. The molecule has 2 saturated heterocycles. The summed E-state index contributed by atoms with van der Waals surface area (Å²) in [5.74, 6) is 2.05. The summed E-state index contributed by atoms with van der Waals surface area (Å²) >= 11 is 0. The minimum absolute atomic E-state index is 0.278. The number of carbonyl (C=O) groups excluding carboxylic acids is 2. The van der Waals surface area contributed by atoms with E-state index >= 15 is 0 Å². The van der Waals surface area contributed by atoms with Gasteiger partial charge in [0.15, 0.2) is 0 Å². The van der Waals surface area contributed by atoms with Crippen molar-refractivity contribution in [3.63, 3.8) is 0 Å². The predicted molar refractivity (Wildman–Crippen MR) is 132 cm³/mol. The van der Waals surface area contributed by atoms with Crippen LogP contribution >= 0.6 is 0 Å². The van der Waals surface area contributed by atoms with Gasteiger partial charge in [-0.25, -0.2) is 9.78 Å². The molecule has 0 spiro atoms. The summed E-state index contributed by atoms with van der Waals surface area (Å²) in [5.41, 5.74) is 3.57. The van der Waals surface area contributed by atoms with Crippen molar-refractivity contribution in [1.82, 2.24) is 24.8 Å². The number of likely N-dealkylation sites (tertiary alicyclic amines) is 1. The Hall–Kier alpha value is -3.13. The standard InChI is InChI=1S/C16H18N4.C10H17NO3/c1-11-18-4-5-20(11)10-12-2-3-16-14(6-12)15(9-19-16)13-7-17-8-13;1-10(2,3)14-9(13)11-6-8(7-11)4-5-12/h2-6,9,13,17,19H,7-8,10H2,1H3;5,8H,4,6-7H2,1-3H3. The number of aromatic nitrogens is 3. The lowest BCUT2D eigenvalue weighted by Crippen LogP contribution is -2.51. The van der Waals surface area contributed by atoms with Crippen LogP contribution in [0, 0.1) is 12.8 Å². The number of amides is 1. The van der Waals surface area contributed by atoms with Crippen molar-refractivity contribution in [2.45, 2.75) is 52.2 Å². The zero-order valence-electron chi connectivity index (χ0n) is 20.5. The molecule has 0 radical (unpaired) electrons. The number of imidazole rings is 1. The summed E-state index contributed by atoms with van der Waals surface area (Å²) in [6, 6.07) is 6.70. The lowest BCUT2D eigenvalue weighted by Gasteiger charge is -2.39. The van der Waals surface area contributed by atoms with E-state index in [0.29, 0.717) is 31.3 Å². The normalized spacial score (nSPS) is 16.4. The summed E-state index contributed by atoms with van der Waals surface area (Å²) in [5, 5.41) is 4.71. The number of H-pyrrole nitrogens is 1. The number of aldehydes is 1. The van der Waals surface area contributed by atoms with Crippen LogP contribution in [-0.2, 0) is 16.1 Å². The maximum Gasteiger partial charge on any atom is 0.410 e. The van der Waals surface area contributed by atoms with Gasteiger partial charge in [-0.15, -0.1) is 0 Å². The zero-order valence-corrected chi connectivity index (χ0v) is 20.5. The highest BCUT2D eigenvalue weighted by molar-refractivity contribution is 5.84. The van der Waals surface area contributed by atoms with Gasteiger partial charge in [0.25, 0.3) is 0 Å². The average Bonchev–Trinajstić information content (AvgIpc) is 3.29. The second-order valence-electron chi connectivity index (χ2n) is 10.2. The van der Waals surface area contributed by atoms with Crippen LogP contribution < -0.4 is 5.32 Å². The number of carbonyl (C=O) groups is 2. The molecule has 2 aromatic heterocycles. The van der Waals surface area contributed by atoms with Crippen LogP contribution in [0.4, 0.5) is 4.79 Å². The van der Waals surface area contributed by atoms with Crippen LogP contribution in [0.5, 0.6) is 0 Å². The maximum absolute atomic E-state index is 11.4. The first-order chi connectivity index (χ1) is 16.2. The van der Waals surface area contributed by atoms with E-state index in [1.807, 2.05) is 40.1 Å². The monoisotopic (exact) mass is 465 g/mol. The molecular weight excluding hydrogens is 430 g/mol. The molecular formula is C26H35N5O3. The van der Waals surface area contributed by atoms with Crippen LogP contribution in [0.15, 0.2) is 36.8 Å². The van der Waals surface area contributed by atoms with Crippen molar-refractivity contribution < 1.29 is 14.3 Å². The Morgan fingerprint density at radius 3 is 2.62 bits per heavy atom. The second kappa shape index (κ2) is 10.0. The highest BCUT2D eigenvalue weighted by Gasteiger charge is 2.33. The minimum Gasteiger partial charge on any atom is -0.444 e. The molecule has 34 heavy (non-hydrogen) atoms. The lowest BCUT2D eigenvalue weighted by atomic mass is 9.93. The molecule has 2 N–H and O–H groups in total. The van der Waals surface area contributed by atoms with E-state index in [-0.39, 0.29) is 6.09 Å². The molecule has 4 heterocycles. The molecule has 2 aliphatic heterocycles. The molecule has 2 aliphatic rings. The molecule has 0 bridgehead atoms. The number of rotatable bonds is 5. The third kappa shape index (κ3) is 5.67. The van der Waals surface area contributed by atoms with Gasteiger partial charge in [0.05, 0.1) is 0 Å². The highest BCUT2D eigenvalue weighted by atomic mass is 16.6. The number of hydrogen-bond donors (Lipinski definition) is 2. The summed E-state index contributed by atoms with van der Waals surface area (Å²) in [4.78, 5) is 30.9. The fourth-order valence-corrected chi connectivity index (χ4v) is 4.23. The average molecular weight is 466 g/mol. The van der Waals surface area contributed by atoms with Crippen molar-refractivity contribution in [2.75, 3.05) is 26.2 Å². The largest absolute Gasteiger partial charge is 0.444 e. The molecule has 1 aromatic carbocycles. The van der Waals surface area contributed by atoms with Crippen LogP contribution in [0.3, 0.4) is 0 Å². The van der Waals surface area contributed by atoms with Gasteiger partial charge >= 0.3 is 6.09 Å². The first-order valence-corrected chi connectivity index (χ1v) is 11.9. The van der Waals surface area contributed by atoms with E-state index in [9.17, 15) is 9.59 Å². The first-order valence-electron chi connectivity index (χ1n) is 11.9. The van der Waals surface area contributed by atoms with Gasteiger partial charge in [-0.2, -0.15) is 0 Å². The lowest BCUT2D eigenvalue weighted by molar-refractivity contribution is -0.109. The van der Waals surface area contributed by atoms with Gasteiger partial charge in [0.1, 0.15) is 17.7 Å². The van der Waals surface area contributed by atoms with E-state index in [4.69, 9.17) is 4.74 Å². The Morgan fingerprint density at radius 1 is 1.26 bits per heavy atom. The Morgan fingerprint density at radius 2 is 2.03 bits per heavy atom. The minimum atomic E-state index is -0.438. The molecule has 8 nitrogen and oxygen atoms in total. The Balaban J connectivity index is 0.000000173. The Bertz CT molecular complexity index is 1130.